The SMILES string of the molecule is O=[N+]([O-])/C(Cl)=C\C(=C(/Cl)SCc1ccccc1)[N+](=O)[O-]. The summed E-state index contributed by atoms with van der Waals surface area (Å²) >= 11 is 12.1. The second-order valence-corrected chi connectivity index (χ2v) is 5.39. The van der Waals surface area contributed by atoms with E-state index < -0.39 is 20.7 Å². The van der Waals surface area contributed by atoms with Crippen LogP contribution in [0.5, 0.6) is 0 Å². The fraction of sp³-hybridized carbons (Fsp3) is 0.0909. The van der Waals surface area contributed by atoms with Gasteiger partial charge in [0.25, 0.3) is 0 Å². The fourth-order valence-corrected chi connectivity index (χ4v) is 2.30. The Bertz CT molecular complexity index is 575. The lowest BCUT2D eigenvalue weighted by atomic mass is 10.2. The first-order valence-electron chi connectivity index (χ1n) is 5.14. The Morgan fingerprint density at radius 3 is 2.25 bits per heavy atom. The average Bonchev–Trinajstić information content (AvgIpc) is 2.42. The summed E-state index contributed by atoms with van der Waals surface area (Å²) in [5, 5.41) is 20.3. The normalized spacial score (nSPS) is 12.8. The van der Waals surface area contributed by atoms with Crippen LogP contribution in [-0.2, 0) is 5.75 Å². The molecule has 0 atom stereocenters. The number of nitrogens with zero attached hydrogens (tertiary/aromatic N) is 2. The van der Waals surface area contributed by atoms with Crippen molar-refractivity contribution in [3.8, 4) is 0 Å². The topological polar surface area (TPSA) is 86.3 Å². The highest BCUT2D eigenvalue weighted by Gasteiger charge is 2.20. The molecule has 0 aliphatic heterocycles. The zero-order chi connectivity index (χ0) is 15.1. The minimum Gasteiger partial charge on any atom is -0.258 e. The van der Waals surface area contributed by atoms with Gasteiger partial charge in [-0.1, -0.05) is 41.9 Å². The zero-order valence-electron chi connectivity index (χ0n) is 9.86. The number of nitro groups is 2. The van der Waals surface area contributed by atoms with E-state index in [1.54, 1.807) is 0 Å². The molecule has 0 heterocycles. The molecule has 0 spiro atoms. The van der Waals surface area contributed by atoms with Crippen LogP contribution in [0, 0.1) is 20.2 Å². The molecular formula is C11H8Cl2N2O4S. The molecule has 0 N–H and O–H groups in total. The molecular weight excluding hydrogens is 327 g/mol. The molecule has 20 heavy (non-hydrogen) atoms. The molecule has 0 saturated carbocycles. The lowest BCUT2D eigenvalue weighted by Crippen LogP contribution is -2.00. The molecule has 9 heteroatoms. The van der Waals surface area contributed by atoms with E-state index in [1.165, 1.54) is 0 Å². The maximum Gasteiger partial charge on any atom is 0.344 e. The highest BCUT2D eigenvalue weighted by molar-refractivity contribution is 8.03. The van der Waals surface area contributed by atoms with Crippen LogP contribution in [0.15, 0.2) is 51.6 Å². The largest absolute Gasteiger partial charge is 0.344 e. The van der Waals surface area contributed by atoms with Crippen LogP contribution in [-0.4, -0.2) is 9.85 Å². The molecule has 6 nitrogen and oxygen atoms in total. The van der Waals surface area contributed by atoms with E-state index >= 15 is 0 Å². The van der Waals surface area contributed by atoms with E-state index in [0.717, 1.165) is 17.3 Å². The van der Waals surface area contributed by atoms with Crippen molar-refractivity contribution in [3.05, 3.63) is 77.4 Å². The van der Waals surface area contributed by atoms with Gasteiger partial charge in [0.2, 0.25) is 0 Å². The van der Waals surface area contributed by atoms with Gasteiger partial charge < -0.3 is 0 Å². The quantitative estimate of drug-likeness (QED) is 0.340. The van der Waals surface area contributed by atoms with Gasteiger partial charge in [-0.15, -0.1) is 11.8 Å². The third kappa shape index (κ3) is 5.20. The second-order valence-electron chi connectivity index (χ2n) is 3.41. The van der Waals surface area contributed by atoms with Gasteiger partial charge >= 0.3 is 10.9 Å². The Labute approximate surface area is 128 Å². The van der Waals surface area contributed by atoms with Gasteiger partial charge in [-0.25, -0.2) is 0 Å². The number of hydrogen-bond donors (Lipinski definition) is 0. The summed E-state index contributed by atoms with van der Waals surface area (Å²) in [7, 11) is 0. The van der Waals surface area contributed by atoms with E-state index in [4.69, 9.17) is 23.2 Å². The van der Waals surface area contributed by atoms with Crippen molar-refractivity contribution in [1.29, 1.82) is 0 Å². The van der Waals surface area contributed by atoms with Gasteiger partial charge in [0.05, 0.1) is 9.85 Å². The van der Waals surface area contributed by atoms with E-state index in [0.29, 0.717) is 11.8 Å². The van der Waals surface area contributed by atoms with Crippen molar-refractivity contribution >= 4 is 35.0 Å². The minimum atomic E-state index is -0.933. The Balaban J connectivity index is 2.90. The summed E-state index contributed by atoms with van der Waals surface area (Å²) in [6.07, 6.45) is 0.627. The van der Waals surface area contributed by atoms with Crippen LogP contribution in [0.1, 0.15) is 5.56 Å². The molecule has 0 bridgehead atoms. The van der Waals surface area contributed by atoms with Crippen molar-refractivity contribution in [2.75, 3.05) is 0 Å². The predicted molar refractivity (Wildman–Crippen MR) is 78.5 cm³/mol. The molecule has 106 valence electrons. The third-order valence-corrected chi connectivity index (χ3v) is 3.75. The van der Waals surface area contributed by atoms with E-state index in [9.17, 15) is 20.2 Å². The van der Waals surface area contributed by atoms with Gasteiger partial charge in [-0.2, -0.15) is 0 Å². The Morgan fingerprint density at radius 2 is 1.75 bits per heavy atom. The van der Waals surface area contributed by atoms with Crippen molar-refractivity contribution in [3.63, 3.8) is 0 Å². The Morgan fingerprint density at radius 1 is 1.15 bits per heavy atom. The highest BCUT2D eigenvalue weighted by atomic mass is 35.5. The highest BCUT2D eigenvalue weighted by Crippen LogP contribution is 2.29. The number of halogens is 2. The summed E-state index contributed by atoms with van der Waals surface area (Å²) in [5.74, 6) is 0.404. The van der Waals surface area contributed by atoms with Crippen LogP contribution in [0.2, 0.25) is 0 Å². The van der Waals surface area contributed by atoms with Crippen molar-refractivity contribution in [2.24, 2.45) is 0 Å². The van der Waals surface area contributed by atoms with Crippen LogP contribution >= 0.6 is 35.0 Å². The van der Waals surface area contributed by atoms with Crippen molar-refractivity contribution in [2.45, 2.75) is 5.75 Å². The number of benzene rings is 1. The predicted octanol–water partition coefficient (Wildman–Crippen LogP) is 3.96. The third-order valence-electron chi connectivity index (χ3n) is 2.04. The van der Waals surface area contributed by atoms with Gasteiger partial charge in [0.1, 0.15) is 6.08 Å². The standard InChI is InChI=1S/C11H8Cl2N2O4S/c12-10(15(18)19)6-9(14(16)17)11(13)20-7-8-4-2-1-3-5-8/h1-6H,7H2/b10-6-,11-9-. The first-order valence-corrected chi connectivity index (χ1v) is 6.88. The fourth-order valence-electron chi connectivity index (χ4n) is 1.14. The minimum absolute atomic E-state index is 0.168. The summed E-state index contributed by atoms with van der Waals surface area (Å²) in [6, 6.07) is 9.16. The molecule has 1 rings (SSSR count). The first kappa shape index (κ1) is 16.5. The molecule has 0 saturated heterocycles. The summed E-state index contributed by atoms with van der Waals surface area (Å²) < 4.78 is -0.168. The Kier molecular flexibility index (Phi) is 6.50. The van der Waals surface area contributed by atoms with E-state index in [2.05, 4.69) is 0 Å². The van der Waals surface area contributed by atoms with Crippen molar-refractivity contribution in [1.82, 2.24) is 0 Å². The molecule has 0 aromatic heterocycles. The monoisotopic (exact) mass is 334 g/mol. The maximum atomic E-state index is 10.8. The smallest absolute Gasteiger partial charge is 0.258 e. The summed E-state index contributed by atoms with van der Waals surface area (Å²) in [4.78, 5) is 19.5. The van der Waals surface area contributed by atoms with Crippen LogP contribution < -0.4 is 0 Å². The number of thioether (sulfide) groups is 1. The van der Waals surface area contributed by atoms with Crippen LogP contribution in [0.25, 0.3) is 0 Å². The summed E-state index contributed by atoms with van der Waals surface area (Å²) in [6.45, 7) is 0. The molecule has 0 unspecified atom stereocenters. The van der Waals surface area contributed by atoms with E-state index in [-0.39, 0.29) is 4.36 Å². The number of allylic oxidation sites excluding steroid dienone is 1. The average molecular weight is 335 g/mol. The van der Waals surface area contributed by atoms with Gasteiger partial charge in [-0.3, -0.25) is 20.2 Å². The zero-order valence-corrected chi connectivity index (χ0v) is 12.2. The molecule has 0 aliphatic carbocycles. The molecule has 0 aliphatic rings. The number of rotatable bonds is 6. The maximum absolute atomic E-state index is 10.8. The summed E-state index contributed by atoms with van der Waals surface area (Å²) in [5.41, 5.74) is 0.317. The molecule has 0 fully saturated rings. The van der Waals surface area contributed by atoms with E-state index in [1.807, 2.05) is 30.3 Å². The van der Waals surface area contributed by atoms with Gasteiger partial charge in [0, 0.05) is 5.75 Å². The van der Waals surface area contributed by atoms with Gasteiger partial charge in [0.15, 0.2) is 4.36 Å². The van der Waals surface area contributed by atoms with Crippen LogP contribution in [0.4, 0.5) is 0 Å². The molecule has 1 aromatic carbocycles. The van der Waals surface area contributed by atoms with Crippen molar-refractivity contribution < 1.29 is 9.85 Å². The lowest BCUT2D eigenvalue weighted by molar-refractivity contribution is -0.427. The lowest BCUT2D eigenvalue weighted by Gasteiger charge is -2.00. The number of hydrogen-bond acceptors (Lipinski definition) is 5. The molecule has 1 aromatic rings. The second kappa shape index (κ2) is 7.88. The Hall–Kier alpha value is -1.57. The molecule has 0 amide bonds. The molecule has 0 radical (unpaired) electrons. The first-order chi connectivity index (χ1) is 9.41. The van der Waals surface area contributed by atoms with Gasteiger partial charge in [-0.05, 0) is 17.2 Å². The van der Waals surface area contributed by atoms with Crippen LogP contribution in [0.3, 0.4) is 0 Å².